The predicted molar refractivity (Wildman–Crippen MR) is 85.8 cm³/mol. The van der Waals surface area contributed by atoms with E-state index >= 15 is 0 Å². The molecule has 3 heteroatoms. The smallest absolute Gasteiger partial charge is 0.0741 e. The summed E-state index contributed by atoms with van der Waals surface area (Å²) >= 11 is 0. The maximum Gasteiger partial charge on any atom is 0.0741 e. The van der Waals surface area contributed by atoms with Crippen LogP contribution in [0, 0.1) is 0 Å². The molecule has 104 valence electrons. The third kappa shape index (κ3) is 2.21. The fourth-order valence-corrected chi connectivity index (χ4v) is 2.93. The highest BCUT2D eigenvalue weighted by Crippen LogP contribution is 2.29. The third-order valence-corrected chi connectivity index (χ3v) is 3.98. The van der Waals surface area contributed by atoms with Gasteiger partial charge in [0.05, 0.1) is 17.6 Å². The Morgan fingerprint density at radius 3 is 2.81 bits per heavy atom. The lowest BCUT2D eigenvalue weighted by atomic mass is 9.99. The molecule has 4 rings (SSSR count). The fraction of sp³-hybridized carbons (Fsp3) is 0.167. The quantitative estimate of drug-likeness (QED) is 0.768. The molecule has 3 aromatic rings. The number of nitrogens with zero attached hydrogens (tertiary/aromatic N) is 2. The first-order valence-corrected chi connectivity index (χ1v) is 7.38. The zero-order valence-corrected chi connectivity index (χ0v) is 11.8. The highest BCUT2D eigenvalue weighted by Gasteiger charge is 2.12. The molecule has 0 saturated carbocycles. The maximum absolute atomic E-state index is 4.48. The molecule has 1 aromatic heterocycles. The van der Waals surface area contributed by atoms with Crippen LogP contribution in [0.4, 0.5) is 5.69 Å². The maximum atomic E-state index is 4.48. The van der Waals surface area contributed by atoms with Gasteiger partial charge in [0.25, 0.3) is 0 Å². The molecular weight excluding hydrogens is 258 g/mol. The Balaban J connectivity index is 1.80. The second kappa shape index (κ2) is 5.09. The van der Waals surface area contributed by atoms with Gasteiger partial charge >= 0.3 is 0 Å². The van der Waals surface area contributed by atoms with Crippen molar-refractivity contribution in [3.63, 3.8) is 0 Å². The van der Waals surface area contributed by atoms with Crippen LogP contribution in [-0.2, 0) is 6.42 Å². The molecule has 2 heterocycles. The number of aryl methyl sites for hydroxylation is 1. The van der Waals surface area contributed by atoms with Gasteiger partial charge in [0.1, 0.15) is 0 Å². The van der Waals surface area contributed by atoms with E-state index in [0.29, 0.717) is 0 Å². The largest absolute Gasteiger partial charge is 0.385 e. The Morgan fingerprint density at radius 2 is 1.90 bits per heavy atom. The minimum atomic E-state index is 1.08. The van der Waals surface area contributed by atoms with Crippen LogP contribution in [0.3, 0.4) is 0 Å². The first-order valence-electron chi connectivity index (χ1n) is 7.38. The average Bonchev–Trinajstić information content (AvgIpc) is 3.05. The molecule has 0 fully saturated rings. The van der Waals surface area contributed by atoms with Crippen LogP contribution in [0.1, 0.15) is 12.0 Å². The number of aromatic nitrogens is 2. The van der Waals surface area contributed by atoms with Gasteiger partial charge in [-0.1, -0.05) is 24.3 Å². The summed E-state index contributed by atoms with van der Waals surface area (Å²) in [6, 6.07) is 19.0. The second-order valence-corrected chi connectivity index (χ2v) is 5.37. The molecule has 2 aromatic carbocycles. The summed E-state index contributed by atoms with van der Waals surface area (Å²) in [6.07, 6.45) is 4.21. The number of hydrogen-bond acceptors (Lipinski definition) is 2. The molecule has 1 aliphatic heterocycles. The summed E-state index contributed by atoms with van der Waals surface area (Å²) < 4.78 is 2.00. The van der Waals surface area contributed by atoms with Crippen molar-refractivity contribution in [1.29, 1.82) is 0 Å². The van der Waals surface area contributed by atoms with Crippen LogP contribution in [0.5, 0.6) is 0 Å². The summed E-state index contributed by atoms with van der Waals surface area (Å²) in [5.74, 6) is 0. The molecule has 0 saturated heterocycles. The predicted octanol–water partition coefficient (Wildman–Crippen LogP) is 3.90. The van der Waals surface area contributed by atoms with E-state index < -0.39 is 0 Å². The molecule has 0 amide bonds. The minimum absolute atomic E-state index is 1.08. The molecule has 3 nitrogen and oxygen atoms in total. The van der Waals surface area contributed by atoms with Gasteiger partial charge in [0, 0.05) is 17.8 Å². The Kier molecular flexibility index (Phi) is 2.96. The van der Waals surface area contributed by atoms with Crippen LogP contribution in [0.15, 0.2) is 60.8 Å². The average molecular weight is 275 g/mol. The van der Waals surface area contributed by atoms with Gasteiger partial charge in [0.2, 0.25) is 0 Å². The highest BCUT2D eigenvalue weighted by atomic mass is 15.3. The molecule has 0 radical (unpaired) electrons. The Hall–Kier alpha value is -2.55. The summed E-state index contributed by atoms with van der Waals surface area (Å²) in [4.78, 5) is 0. The van der Waals surface area contributed by atoms with E-state index in [1.54, 1.807) is 0 Å². The minimum Gasteiger partial charge on any atom is -0.385 e. The van der Waals surface area contributed by atoms with E-state index in [0.717, 1.165) is 24.3 Å². The lowest BCUT2D eigenvalue weighted by molar-refractivity contribution is 0.829. The molecule has 1 aliphatic rings. The first kappa shape index (κ1) is 12.2. The number of benzene rings is 2. The van der Waals surface area contributed by atoms with Crippen LogP contribution >= 0.6 is 0 Å². The Morgan fingerprint density at radius 1 is 1.00 bits per heavy atom. The summed E-state index contributed by atoms with van der Waals surface area (Å²) in [5, 5.41) is 7.93. The van der Waals surface area contributed by atoms with Gasteiger partial charge in [-0.25, -0.2) is 4.68 Å². The van der Waals surface area contributed by atoms with Crippen molar-refractivity contribution in [2.24, 2.45) is 0 Å². The van der Waals surface area contributed by atoms with E-state index in [-0.39, 0.29) is 0 Å². The lowest BCUT2D eigenvalue weighted by Crippen LogP contribution is -2.11. The van der Waals surface area contributed by atoms with Gasteiger partial charge in [0.15, 0.2) is 0 Å². The van der Waals surface area contributed by atoms with E-state index in [1.807, 2.05) is 29.1 Å². The van der Waals surface area contributed by atoms with Crippen LogP contribution in [0.25, 0.3) is 16.9 Å². The topological polar surface area (TPSA) is 29.9 Å². The standard InChI is InChI=1S/C18H17N3/c1-2-6-16(7-3-1)21-18(10-12-20-21)15-8-9-17-14(13-15)5-4-11-19-17/h1-3,6-10,12-13,19H,4-5,11H2. The van der Waals surface area contributed by atoms with Crippen molar-refractivity contribution in [3.05, 3.63) is 66.4 Å². The molecule has 0 bridgehead atoms. The van der Waals surface area contributed by atoms with E-state index in [9.17, 15) is 0 Å². The van der Waals surface area contributed by atoms with Crippen molar-refractivity contribution in [3.8, 4) is 16.9 Å². The van der Waals surface area contributed by atoms with Gasteiger partial charge in [-0.05, 0) is 48.7 Å². The van der Waals surface area contributed by atoms with Crippen molar-refractivity contribution in [1.82, 2.24) is 9.78 Å². The third-order valence-electron chi connectivity index (χ3n) is 3.98. The summed E-state index contributed by atoms with van der Waals surface area (Å²) in [5.41, 5.74) is 6.12. The second-order valence-electron chi connectivity index (χ2n) is 5.37. The number of anilines is 1. The van der Waals surface area contributed by atoms with Gasteiger partial charge in [-0.2, -0.15) is 5.10 Å². The fourth-order valence-electron chi connectivity index (χ4n) is 2.93. The van der Waals surface area contributed by atoms with E-state index in [4.69, 9.17) is 0 Å². The Bertz CT molecular complexity index is 759. The van der Waals surface area contributed by atoms with Gasteiger partial charge in [-0.15, -0.1) is 0 Å². The highest BCUT2D eigenvalue weighted by molar-refractivity contribution is 5.68. The zero-order chi connectivity index (χ0) is 14.1. The summed E-state index contributed by atoms with van der Waals surface area (Å²) in [7, 11) is 0. The van der Waals surface area contributed by atoms with Crippen molar-refractivity contribution >= 4 is 5.69 Å². The van der Waals surface area contributed by atoms with E-state index in [1.165, 1.54) is 23.2 Å². The molecule has 1 N–H and O–H groups in total. The Labute approximate surface area is 124 Å². The molecule has 21 heavy (non-hydrogen) atoms. The number of nitrogens with one attached hydrogen (secondary N) is 1. The first-order chi connectivity index (χ1) is 10.4. The molecule has 0 atom stereocenters. The van der Waals surface area contributed by atoms with E-state index in [2.05, 4.69) is 46.8 Å². The number of hydrogen-bond donors (Lipinski definition) is 1. The van der Waals surface area contributed by atoms with Crippen molar-refractivity contribution < 1.29 is 0 Å². The summed E-state index contributed by atoms with van der Waals surface area (Å²) in [6.45, 7) is 1.08. The van der Waals surface area contributed by atoms with Crippen molar-refractivity contribution in [2.75, 3.05) is 11.9 Å². The normalized spacial score (nSPS) is 13.5. The molecular formula is C18H17N3. The SMILES string of the molecule is c1ccc(-n2nccc2-c2ccc3c(c2)CCCN3)cc1. The van der Waals surface area contributed by atoms with Gasteiger partial charge < -0.3 is 5.32 Å². The molecule has 0 unspecified atom stereocenters. The monoisotopic (exact) mass is 275 g/mol. The van der Waals surface area contributed by atoms with Gasteiger partial charge in [-0.3, -0.25) is 0 Å². The lowest BCUT2D eigenvalue weighted by Gasteiger charge is -2.19. The number of rotatable bonds is 2. The van der Waals surface area contributed by atoms with Crippen LogP contribution in [-0.4, -0.2) is 16.3 Å². The van der Waals surface area contributed by atoms with Crippen LogP contribution < -0.4 is 5.32 Å². The number of para-hydroxylation sites is 1. The van der Waals surface area contributed by atoms with Crippen molar-refractivity contribution in [2.45, 2.75) is 12.8 Å². The number of fused-ring (bicyclic) bond motifs is 1. The molecule has 0 aliphatic carbocycles. The zero-order valence-electron chi connectivity index (χ0n) is 11.8. The molecule has 0 spiro atoms. The van der Waals surface area contributed by atoms with Crippen LogP contribution in [0.2, 0.25) is 0 Å².